The highest BCUT2D eigenvalue weighted by atomic mass is 19.4. The number of carbonyl (C=O) groups excluding carboxylic acids is 2. The Kier molecular flexibility index (Phi) is 9.27. The third-order valence-corrected chi connectivity index (χ3v) is 5.74. The first kappa shape index (κ1) is 29.8. The zero-order valence-electron chi connectivity index (χ0n) is 20.5. The fourth-order valence-corrected chi connectivity index (χ4v) is 3.97. The molecule has 2 atom stereocenters. The van der Waals surface area contributed by atoms with Crippen molar-refractivity contribution in [1.82, 2.24) is 9.88 Å². The Labute approximate surface area is 223 Å². The molecule has 1 fully saturated rings. The lowest BCUT2D eigenvalue weighted by atomic mass is 10.0. The number of carboxylic acid groups (broad SMARTS) is 1. The largest absolute Gasteiger partial charge is 0.490 e. The average Bonchev–Trinajstić information content (AvgIpc) is 3.49. The summed E-state index contributed by atoms with van der Waals surface area (Å²) in [7, 11) is 0. The van der Waals surface area contributed by atoms with Gasteiger partial charge in [0.25, 0.3) is 0 Å². The van der Waals surface area contributed by atoms with Gasteiger partial charge >= 0.3 is 18.2 Å². The summed E-state index contributed by atoms with van der Waals surface area (Å²) in [4.78, 5) is 38.4. The van der Waals surface area contributed by atoms with Gasteiger partial charge in [-0.1, -0.05) is 0 Å². The third-order valence-electron chi connectivity index (χ3n) is 5.74. The number of aromatic nitrogens is 1. The summed E-state index contributed by atoms with van der Waals surface area (Å²) < 4.78 is 63.6. The van der Waals surface area contributed by atoms with Gasteiger partial charge in [-0.25, -0.2) is 18.4 Å². The van der Waals surface area contributed by atoms with Gasteiger partial charge in [0.1, 0.15) is 23.4 Å². The van der Waals surface area contributed by atoms with E-state index >= 15 is 0 Å². The van der Waals surface area contributed by atoms with E-state index in [1.165, 1.54) is 4.90 Å². The van der Waals surface area contributed by atoms with Crippen molar-refractivity contribution in [2.24, 2.45) is 5.73 Å². The summed E-state index contributed by atoms with van der Waals surface area (Å²) in [6.45, 7) is 0.515. The van der Waals surface area contributed by atoms with Crippen molar-refractivity contribution < 1.29 is 46.2 Å². The average molecular weight is 567 g/mol. The van der Waals surface area contributed by atoms with Crippen LogP contribution in [0.2, 0.25) is 0 Å². The molecule has 3 aromatic rings. The minimum absolute atomic E-state index is 0.0806. The molecular weight excluding hydrogens is 545 g/mol. The molecule has 0 unspecified atom stereocenters. The quantitative estimate of drug-likeness (QED) is 0.338. The van der Waals surface area contributed by atoms with Crippen molar-refractivity contribution >= 4 is 34.6 Å². The van der Waals surface area contributed by atoms with E-state index in [0.29, 0.717) is 24.4 Å². The monoisotopic (exact) mass is 567 g/mol. The van der Waals surface area contributed by atoms with E-state index in [4.69, 9.17) is 20.4 Å². The molecule has 0 radical (unpaired) electrons. The molecule has 0 bridgehead atoms. The van der Waals surface area contributed by atoms with Crippen molar-refractivity contribution in [1.29, 1.82) is 5.26 Å². The Balaban J connectivity index is 0.000000559. The van der Waals surface area contributed by atoms with Crippen LogP contribution in [0.3, 0.4) is 0 Å². The maximum atomic E-state index is 13.3. The van der Waals surface area contributed by atoms with Crippen LogP contribution in [0, 0.1) is 23.0 Å². The smallest absolute Gasteiger partial charge is 0.475 e. The van der Waals surface area contributed by atoms with E-state index in [1.54, 1.807) is 24.4 Å². The fourth-order valence-electron chi connectivity index (χ4n) is 3.97. The molecule has 15 heteroatoms. The predicted molar refractivity (Wildman–Crippen MR) is 130 cm³/mol. The van der Waals surface area contributed by atoms with Crippen LogP contribution in [0.25, 0.3) is 10.9 Å². The second-order valence-electron chi connectivity index (χ2n) is 8.63. The summed E-state index contributed by atoms with van der Waals surface area (Å²) in [5.41, 5.74) is 7.57. The molecule has 2 amide bonds. The number of ether oxygens (including phenoxy) is 1. The number of halogens is 5. The number of nitrogens with zero attached hydrogens (tertiary/aromatic N) is 2. The zero-order valence-corrected chi connectivity index (χ0v) is 20.5. The second kappa shape index (κ2) is 12.4. The number of benzene rings is 2. The van der Waals surface area contributed by atoms with Crippen LogP contribution in [-0.2, 0) is 16.0 Å². The molecule has 212 valence electrons. The molecular formula is C25H22F5N5O5. The lowest BCUT2D eigenvalue weighted by Gasteiger charge is -2.23. The molecule has 0 aliphatic carbocycles. The summed E-state index contributed by atoms with van der Waals surface area (Å²) in [6.07, 6.45) is -2.63. The lowest BCUT2D eigenvalue weighted by Crippen LogP contribution is -2.46. The molecule has 4 rings (SSSR count). The number of alkyl halides is 3. The maximum Gasteiger partial charge on any atom is 0.490 e. The number of nitriles is 1. The summed E-state index contributed by atoms with van der Waals surface area (Å²) in [5.74, 6) is -4.49. The van der Waals surface area contributed by atoms with Gasteiger partial charge in [0, 0.05) is 35.4 Å². The number of fused-ring (bicyclic) bond motifs is 1. The summed E-state index contributed by atoms with van der Waals surface area (Å²) in [5, 5.41) is 19.3. The number of likely N-dealkylation sites (tertiary alicyclic amines) is 1. The van der Waals surface area contributed by atoms with E-state index in [0.717, 1.165) is 29.6 Å². The Morgan fingerprint density at radius 3 is 2.45 bits per heavy atom. The molecule has 0 spiro atoms. The zero-order chi connectivity index (χ0) is 29.6. The first-order chi connectivity index (χ1) is 18.8. The normalized spacial score (nSPS) is 15.5. The van der Waals surface area contributed by atoms with Crippen LogP contribution in [0.4, 0.5) is 32.4 Å². The molecule has 10 nitrogen and oxygen atoms in total. The van der Waals surface area contributed by atoms with Crippen molar-refractivity contribution in [3.05, 3.63) is 59.8 Å². The fraction of sp³-hybridized carbons (Fsp3) is 0.280. The maximum absolute atomic E-state index is 13.3. The second-order valence-corrected chi connectivity index (χ2v) is 8.63. The highest BCUT2D eigenvalue weighted by molar-refractivity contribution is 5.89. The van der Waals surface area contributed by atoms with Gasteiger partial charge in [-0.3, -0.25) is 10.1 Å². The summed E-state index contributed by atoms with van der Waals surface area (Å²) in [6, 6.07) is 8.35. The van der Waals surface area contributed by atoms with Gasteiger partial charge in [-0.05, 0) is 55.2 Å². The molecule has 1 aliphatic rings. The Hall–Kier alpha value is -4.71. The molecule has 2 aromatic carbocycles. The molecule has 0 saturated carbocycles. The van der Waals surface area contributed by atoms with Crippen LogP contribution >= 0.6 is 0 Å². The van der Waals surface area contributed by atoms with Crippen molar-refractivity contribution in [2.75, 3.05) is 11.9 Å². The standard InChI is InChI=1S/C23H21F2N5O3.C2HF3O2/c24-14-7-15(25)9-16(8-14)29-23(32)33-18-3-4-21-19(10-18)13(12-28-21)6-20(27)22(31)30-5-1-2-17(30)11-26;3-2(4,5)1(6)7/h3-4,7-10,12,17,20,28H,1-2,5-6,27H2,(H,29,32);(H,6,7)/t17-,20-;/m0./s1. The van der Waals surface area contributed by atoms with Crippen molar-refractivity contribution in [3.63, 3.8) is 0 Å². The van der Waals surface area contributed by atoms with E-state index in [2.05, 4.69) is 16.4 Å². The van der Waals surface area contributed by atoms with Gasteiger partial charge in [-0.2, -0.15) is 18.4 Å². The van der Waals surface area contributed by atoms with Crippen LogP contribution in [0.15, 0.2) is 42.6 Å². The number of nitrogens with one attached hydrogen (secondary N) is 2. The Morgan fingerprint density at radius 1 is 1.20 bits per heavy atom. The van der Waals surface area contributed by atoms with E-state index in [1.807, 2.05) is 0 Å². The number of hydrogen-bond acceptors (Lipinski definition) is 6. The minimum atomic E-state index is -5.08. The molecule has 1 saturated heterocycles. The highest BCUT2D eigenvalue weighted by Gasteiger charge is 2.38. The van der Waals surface area contributed by atoms with Gasteiger partial charge in [-0.15, -0.1) is 0 Å². The minimum Gasteiger partial charge on any atom is -0.475 e. The van der Waals surface area contributed by atoms with Gasteiger partial charge in [0.2, 0.25) is 5.91 Å². The number of carbonyl (C=O) groups is 3. The van der Waals surface area contributed by atoms with E-state index in [-0.39, 0.29) is 23.8 Å². The first-order valence-electron chi connectivity index (χ1n) is 11.6. The number of carboxylic acids is 1. The molecule has 5 N–H and O–H groups in total. The molecule has 2 heterocycles. The van der Waals surface area contributed by atoms with Gasteiger partial charge in [0.05, 0.1) is 12.1 Å². The molecule has 1 aromatic heterocycles. The van der Waals surface area contributed by atoms with Crippen molar-refractivity contribution in [3.8, 4) is 11.8 Å². The van der Waals surface area contributed by atoms with Gasteiger partial charge < -0.3 is 25.5 Å². The number of aromatic amines is 1. The van der Waals surface area contributed by atoms with Crippen LogP contribution < -0.4 is 15.8 Å². The van der Waals surface area contributed by atoms with Gasteiger partial charge in [0.15, 0.2) is 0 Å². The van der Waals surface area contributed by atoms with Crippen LogP contribution in [0.5, 0.6) is 5.75 Å². The highest BCUT2D eigenvalue weighted by Crippen LogP contribution is 2.26. The predicted octanol–water partition coefficient (Wildman–Crippen LogP) is 4.07. The number of H-pyrrole nitrogens is 1. The Morgan fingerprint density at radius 2 is 1.85 bits per heavy atom. The number of nitrogens with two attached hydrogens (primary N) is 1. The number of hydrogen-bond donors (Lipinski definition) is 4. The third kappa shape index (κ3) is 7.67. The van der Waals surface area contributed by atoms with Crippen molar-refractivity contribution in [2.45, 2.75) is 37.5 Å². The summed E-state index contributed by atoms with van der Waals surface area (Å²) >= 11 is 0. The Bertz CT molecular complexity index is 1430. The number of aliphatic carboxylic acids is 1. The first-order valence-corrected chi connectivity index (χ1v) is 11.6. The van der Waals surface area contributed by atoms with E-state index < -0.39 is 42.0 Å². The SMILES string of the molecule is N#C[C@@H]1CCCN1C(=O)[C@@H](N)Cc1c[nH]c2ccc(OC(=O)Nc3cc(F)cc(F)c3)cc12.O=C(O)C(F)(F)F. The van der Waals surface area contributed by atoms with Crippen LogP contribution in [-0.4, -0.2) is 57.8 Å². The number of anilines is 1. The molecule has 1 aliphatic heterocycles. The number of rotatable bonds is 5. The van der Waals surface area contributed by atoms with Crippen LogP contribution in [0.1, 0.15) is 18.4 Å². The number of amides is 2. The topological polar surface area (TPSA) is 162 Å². The van der Waals surface area contributed by atoms with E-state index in [9.17, 15) is 36.8 Å². The molecule has 40 heavy (non-hydrogen) atoms. The lowest BCUT2D eigenvalue weighted by molar-refractivity contribution is -0.192.